The molecule has 2 aliphatic heterocycles. The highest BCUT2D eigenvalue weighted by Crippen LogP contribution is 2.66. The Hall–Kier alpha value is -3.03. The Morgan fingerprint density at radius 1 is 1.23 bits per heavy atom. The number of nitrogens with zero attached hydrogens (tertiary/aromatic N) is 2. The van der Waals surface area contributed by atoms with Gasteiger partial charge in [-0.2, -0.15) is 0 Å². The Morgan fingerprint density at radius 3 is 2.82 bits per heavy atom. The molecule has 206 valence electrons. The Kier molecular flexibility index (Phi) is 5.43. The molecule has 7 nitrogen and oxygen atoms in total. The number of piperidine rings is 1. The van der Waals surface area contributed by atoms with E-state index in [0.717, 1.165) is 53.2 Å². The molecule has 39 heavy (non-hydrogen) atoms. The predicted molar refractivity (Wildman–Crippen MR) is 148 cm³/mol. The van der Waals surface area contributed by atoms with Crippen LogP contribution in [-0.2, 0) is 16.6 Å². The summed E-state index contributed by atoms with van der Waals surface area (Å²) in [6, 6.07) is 11.3. The lowest BCUT2D eigenvalue weighted by Crippen LogP contribution is -2.82. The van der Waals surface area contributed by atoms with Crippen molar-refractivity contribution in [3.05, 3.63) is 59.2 Å². The van der Waals surface area contributed by atoms with Gasteiger partial charge >= 0.3 is 0 Å². The Bertz CT molecular complexity index is 1370. The van der Waals surface area contributed by atoms with E-state index in [4.69, 9.17) is 9.47 Å². The smallest absolute Gasteiger partial charge is 0.246 e. The van der Waals surface area contributed by atoms with Gasteiger partial charge in [0.25, 0.3) is 0 Å². The number of methoxy groups -OCH3 is 1. The quantitative estimate of drug-likeness (QED) is 0.440. The summed E-state index contributed by atoms with van der Waals surface area (Å²) in [7, 11) is 5.81. The van der Waals surface area contributed by atoms with E-state index in [-0.39, 0.29) is 23.7 Å². The molecule has 0 aromatic heterocycles. The number of aromatic hydroxyl groups is 1. The summed E-state index contributed by atoms with van der Waals surface area (Å²) < 4.78 is 12.9. The van der Waals surface area contributed by atoms with E-state index >= 15 is 0 Å². The number of benzene rings is 2. The molecule has 3 fully saturated rings. The van der Waals surface area contributed by atoms with Crippen LogP contribution in [0.2, 0.25) is 0 Å². The minimum absolute atomic E-state index is 0.0795. The van der Waals surface area contributed by atoms with Crippen LogP contribution >= 0.6 is 0 Å². The number of quaternary nitrogens is 1. The number of phenols is 1. The molecule has 5 aliphatic rings. The van der Waals surface area contributed by atoms with E-state index in [0.29, 0.717) is 18.6 Å². The first-order chi connectivity index (χ1) is 18.7. The van der Waals surface area contributed by atoms with E-state index in [2.05, 4.69) is 7.05 Å². The second-order valence-corrected chi connectivity index (χ2v) is 12.8. The van der Waals surface area contributed by atoms with Gasteiger partial charge in [-0.1, -0.05) is 18.2 Å². The molecule has 2 bridgehead atoms. The normalized spacial score (nSPS) is 35.8. The van der Waals surface area contributed by atoms with E-state index in [9.17, 15) is 15.0 Å². The van der Waals surface area contributed by atoms with Crippen molar-refractivity contribution in [3.8, 4) is 17.2 Å². The van der Waals surface area contributed by atoms with Crippen LogP contribution in [0.4, 0.5) is 0 Å². The monoisotopic (exact) mass is 531 g/mol. The van der Waals surface area contributed by atoms with Gasteiger partial charge in [-0.05, 0) is 61.1 Å². The Morgan fingerprint density at radius 2 is 2.05 bits per heavy atom. The van der Waals surface area contributed by atoms with Crippen LogP contribution in [0.3, 0.4) is 0 Å². The average Bonchev–Trinajstić information content (AvgIpc) is 3.66. The van der Waals surface area contributed by atoms with Gasteiger partial charge in [0.05, 0.1) is 38.7 Å². The average molecular weight is 532 g/mol. The van der Waals surface area contributed by atoms with Gasteiger partial charge in [0, 0.05) is 37.4 Å². The number of hydrogen-bond acceptors (Lipinski definition) is 5. The summed E-state index contributed by atoms with van der Waals surface area (Å²) >= 11 is 0. The van der Waals surface area contributed by atoms with Crippen LogP contribution in [-0.4, -0.2) is 83.6 Å². The third kappa shape index (κ3) is 3.45. The molecule has 2 heterocycles. The first-order valence-corrected chi connectivity index (χ1v) is 14.4. The molecule has 1 spiro atoms. The molecule has 4 unspecified atom stereocenters. The van der Waals surface area contributed by atoms with Gasteiger partial charge in [-0.3, -0.25) is 4.79 Å². The SMILES string of the molecule is COc1cccc(/C=C/C(=O)N(C)C2CCC3(O)[C@@H]4Cc5ccc(O)c6c5[C@@]3(CC[N+]4(C)CC3CC3)C2O6)c1. The Labute approximate surface area is 230 Å². The number of phenolic OH excluding ortho intramolecular Hbond substituents is 1. The fraction of sp³-hybridized carbons (Fsp3) is 0.531. The van der Waals surface area contributed by atoms with Crippen molar-refractivity contribution in [1.82, 2.24) is 4.90 Å². The van der Waals surface area contributed by atoms with Crippen molar-refractivity contribution < 1.29 is 29.0 Å². The number of likely N-dealkylation sites (N-methyl/N-ethyl adjacent to an activating group) is 2. The van der Waals surface area contributed by atoms with Crippen LogP contribution in [0.1, 0.15) is 48.8 Å². The highest BCUT2D eigenvalue weighted by atomic mass is 16.5. The van der Waals surface area contributed by atoms with E-state index in [1.807, 2.05) is 43.5 Å². The molecular weight excluding hydrogens is 492 g/mol. The maximum absolute atomic E-state index is 13.5. The van der Waals surface area contributed by atoms with Crippen LogP contribution in [0.15, 0.2) is 42.5 Å². The summed E-state index contributed by atoms with van der Waals surface area (Å²) in [5, 5.41) is 23.7. The van der Waals surface area contributed by atoms with Gasteiger partial charge < -0.3 is 29.1 Å². The topological polar surface area (TPSA) is 79.2 Å². The van der Waals surface area contributed by atoms with E-state index in [1.165, 1.54) is 18.4 Å². The van der Waals surface area contributed by atoms with Gasteiger partial charge in [0.2, 0.25) is 5.91 Å². The zero-order valence-electron chi connectivity index (χ0n) is 23.1. The number of carbonyl (C=O) groups excluding carboxylic acids is 1. The first-order valence-electron chi connectivity index (χ1n) is 14.4. The minimum atomic E-state index is -0.942. The molecule has 6 atom stereocenters. The largest absolute Gasteiger partial charge is 0.504 e. The van der Waals surface area contributed by atoms with Crippen LogP contribution in [0.25, 0.3) is 6.08 Å². The lowest BCUT2D eigenvalue weighted by Gasteiger charge is -2.66. The van der Waals surface area contributed by atoms with Crippen molar-refractivity contribution >= 4 is 12.0 Å². The summed E-state index contributed by atoms with van der Waals surface area (Å²) in [5.74, 6) is 2.05. The molecule has 0 radical (unpaired) electrons. The molecule has 7 rings (SSSR count). The number of likely N-dealkylation sites (tertiary alicyclic amines) is 1. The lowest BCUT2D eigenvalue weighted by molar-refractivity contribution is -0.950. The third-order valence-electron chi connectivity index (χ3n) is 10.8. The molecular formula is C32H39N2O5+. The highest BCUT2D eigenvalue weighted by molar-refractivity contribution is 5.92. The number of hydrogen-bond donors (Lipinski definition) is 2. The number of aliphatic hydroxyl groups is 1. The fourth-order valence-electron chi connectivity index (χ4n) is 8.72. The first kappa shape index (κ1) is 25.0. The van der Waals surface area contributed by atoms with Crippen molar-refractivity contribution in [3.63, 3.8) is 0 Å². The van der Waals surface area contributed by atoms with Gasteiger partial charge in [0.15, 0.2) is 11.5 Å². The summed E-state index contributed by atoms with van der Waals surface area (Å²) in [5.41, 5.74) is 1.51. The number of ether oxygens (including phenoxy) is 2. The third-order valence-corrected chi connectivity index (χ3v) is 10.8. The maximum Gasteiger partial charge on any atom is 0.246 e. The molecule has 3 aliphatic carbocycles. The summed E-state index contributed by atoms with van der Waals surface area (Å²) in [6.45, 7) is 2.09. The molecule has 1 amide bonds. The second kappa shape index (κ2) is 8.48. The molecule has 2 aromatic rings. The maximum atomic E-state index is 13.5. The number of rotatable bonds is 6. The van der Waals surface area contributed by atoms with E-state index in [1.54, 1.807) is 24.2 Å². The van der Waals surface area contributed by atoms with Gasteiger partial charge in [0.1, 0.15) is 23.5 Å². The van der Waals surface area contributed by atoms with Crippen LogP contribution in [0, 0.1) is 5.92 Å². The minimum Gasteiger partial charge on any atom is -0.504 e. The standard InChI is InChI=1S/C32H38N2O5/c1-33(27(36)12-9-20-5-4-6-23(17-20)38-3)24-13-14-32(37)26-18-22-10-11-25(35)29-28(22)31(32,30(24)39-29)15-16-34(26,2)19-21-7-8-21/h4-6,9-12,17,21,24,26,30,37H,7-8,13-16,18-19H2,1-3H3/p+1/b12-9+/t24?,26-,30?,31-,32?,34?/m0/s1. The van der Waals surface area contributed by atoms with Crippen LogP contribution < -0.4 is 9.47 Å². The highest BCUT2D eigenvalue weighted by Gasteiger charge is 2.76. The molecule has 2 saturated carbocycles. The number of carbonyl (C=O) groups is 1. The van der Waals surface area contributed by atoms with Gasteiger partial charge in [-0.25, -0.2) is 0 Å². The van der Waals surface area contributed by atoms with Crippen LogP contribution in [0.5, 0.6) is 17.2 Å². The van der Waals surface area contributed by atoms with Crippen molar-refractivity contribution in [2.45, 2.75) is 67.7 Å². The summed E-state index contributed by atoms with van der Waals surface area (Å²) in [4.78, 5) is 15.3. The fourth-order valence-corrected chi connectivity index (χ4v) is 8.72. The number of amides is 1. The van der Waals surface area contributed by atoms with Gasteiger partial charge in [-0.15, -0.1) is 0 Å². The summed E-state index contributed by atoms with van der Waals surface area (Å²) in [6.07, 6.45) is 8.45. The Balaban J connectivity index is 1.25. The second-order valence-electron chi connectivity index (χ2n) is 12.8. The molecule has 1 saturated heterocycles. The molecule has 2 aromatic carbocycles. The van der Waals surface area contributed by atoms with E-state index < -0.39 is 17.1 Å². The molecule has 2 N–H and O–H groups in total. The predicted octanol–water partition coefficient (Wildman–Crippen LogP) is 3.65. The zero-order valence-corrected chi connectivity index (χ0v) is 23.1. The molecule has 7 heteroatoms. The van der Waals surface area contributed by atoms with Crippen molar-refractivity contribution in [2.75, 3.05) is 34.3 Å². The zero-order chi connectivity index (χ0) is 27.2. The van der Waals surface area contributed by atoms with Crippen molar-refractivity contribution in [1.29, 1.82) is 0 Å². The lowest BCUT2D eigenvalue weighted by atomic mass is 9.47. The van der Waals surface area contributed by atoms with Crippen molar-refractivity contribution in [2.24, 2.45) is 5.92 Å².